The molecular formula is C30H33ClF3N5O3. The molecule has 224 valence electrons. The SMILES string of the molecule is CC(C)N1CCN(c2cc(-c3cc(F)cc(-c4ccc(N(C=O)/C=C\N(C)C)c(Cl)c4)c3O)cnc2OC(F)F)CC1. The van der Waals surface area contributed by atoms with E-state index in [1.54, 1.807) is 49.6 Å². The number of alkyl halides is 2. The van der Waals surface area contributed by atoms with E-state index >= 15 is 0 Å². The van der Waals surface area contributed by atoms with E-state index in [1.807, 2.05) is 4.90 Å². The number of ether oxygens (including phenoxy) is 1. The van der Waals surface area contributed by atoms with Crippen LogP contribution >= 0.6 is 11.6 Å². The number of rotatable bonds is 10. The summed E-state index contributed by atoms with van der Waals surface area (Å²) in [7, 11) is 3.61. The molecule has 0 aliphatic carbocycles. The minimum absolute atomic E-state index is 0.117. The predicted octanol–water partition coefficient (Wildman–Crippen LogP) is 6.04. The third kappa shape index (κ3) is 7.08. The highest BCUT2D eigenvalue weighted by Gasteiger charge is 2.25. The van der Waals surface area contributed by atoms with Gasteiger partial charge in [0.25, 0.3) is 0 Å². The van der Waals surface area contributed by atoms with E-state index in [-0.39, 0.29) is 27.8 Å². The second kappa shape index (κ2) is 13.3. The highest BCUT2D eigenvalue weighted by Crippen LogP contribution is 2.42. The van der Waals surface area contributed by atoms with Gasteiger partial charge in [0, 0.05) is 81.6 Å². The van der Waals surface area contributed by atoms with Gasteiger partial charge in [-0.3, -0.25) is 14.6 Å². The van der Waals surface area contributed by atoms with Crippen LogP contribution in [0, 0.1) is 5.82 Å². The number of nitrogens with zero attached hydrogens (tertiary/aromatic N) is 5. The van der Waals surface area contributed by atoms with Gasteiger partial charge >= 0.3 is 6.61 Å². The largest absolute Gasteiger partial charge is 0.507 e. The van der Waals surface area contributed by atoms with Crippen molar-refractivity contribution in [3.05, 3.63) is 65.8 Å². The Morgan fingerprint density at radius 2 is 1.69 bits per heavy atom. The van der Waals surface area contributed by atoms with Gasteiger partial charge in [0.2, 0.25) is 12.3 Å². The zero-order valence-corrected chi connectivity index (χ0v) is 24.5. The molecule has 1 saturated heterocycles. The average molecular weight is 604 g/mol. The summed E-state index contributed by atoms with van der Waals surface area (Å²) in [5.41, 5.74) is 1.71. The van der Waals surface area contributed by atoms with Crippen molar-refractivity contribution in [1.29, 1.82) is 0 Å². The minimum Gasteiger partial charge on any atom is -0.507 e. The highest BCUT2D eigenvalue weighted by atomic mass is 35.5. The smallest absolute Gasteiger partial charge is 0.388 e. The van der Waals surface area contributed by atoms with Gasteiger partial charge in [-0.1, -0.05) is 17.7 Å². The molecule has 2 aromatic carbocycles. The molecule has 3 aromatic rings. The first-order valence-electron chi connectivity index (χ1n) is 13.3. The maximum atomic E-state index is 15.0. The van der Waals surface area contributed by atoms with Crippen molar-refractivity contribution in [3.8, 4) is 33.9 Å². The van der Waals surface area contributed by atoms with Gasteiger partial charge in [-0.25, -0.2) is 9.37 Å². The van der Waals surface area contributed by atoms with Crippen molar-refractivity contribution in [1.82, 2.24) is 14.8 Å². The van der Waals surface area contributed by atoms with Crippen LogP contribution in [0.3, 0.4) is 0 Å². The molecule has 1 fully saturated rings. The molecular weight excluding hydrogens is 571 g/mol. The molecule has 8 nitrogen and oxygen atoms in total. The molecule has 2 heterocycles. The molecule has 42 heavy (non-hydrogen) atoms. The first-order valence-corrected chi connectivity index (χ1v) is 13.7. The zero-order chi connectivity index (χ0) is 30.6. The summed E-state index contributed by atoms with van der Waals surface area (Å²) in [6.45, 7) is 3.65. The molecule has 0 unspecified atom stereocenters. The second-order valence-corrected chi connectivity index (χ2v) is 10.7. The fourth-order valence-electron chi connectivity index (χ4n) is 4.77. The van der Waals surface area contributed by atoms with E-state index in [2.05, 4.69) is 23.7 Å². The van der Waals surface area contributed by atoms with Gasteiger partial charge in [0.15, 0.2) is 0 Å². The molecule has 1 amide bonds. The molecule has 0 saturated carbocycles. The average Bonchev–Trinajstić information content (AvgIpc) is 2.95. The monoisotopic (exact) mass is 603 g/mol. The third-order valence-electron chi connectivity index (χ3n) is 6.98. The number of carbonyl (C=O) groups is 1. The standard InChI is InChI=1S/C30H33ClF3N5O3/c1-19(2)37-9-11-38(12-10-37)27-14-21(17-35-29(27)42-30(33)34)24-16-22(32)15-23(28(24)41)20-5-6-26(25(31)13-20)39(18-40)8-7-36(3)4/h5-8,13-19,30,41H,9-12H2,1-4H3/b8-7-. The molecule has 1 aliphatic rings. The molecule has 12 heteroatoms. The van der Waals surface area contributed by atoms with Crippen LogP contribution in [0.1, 0.15) is 13.8 Å². The van der Waals surface area contributed by atoms with Gasteiger partial charge in [0.1, 0.15) is 17.3 Å². The number of phenolic OH excluding ortho intramolecular Hbond substituents is 1. The van der Waals surface area contributed by atoms with Crippen molar-refractivity contribution in [3.63, 3.8) is 0 Å². The van der Waals surface area contributed by atoms with E-state index in [0.29, 0.717) is 61.1 Å². The number of halogens is 4. The molecule has 1 N–H and O–H groups in total. The Hall–Kier alpha value is -3.96. The molecule has 0 bridgehead atoms. The van der Waals surface area contributed by atoms with Crippen LogP contribution in [0.25, 0.3) is 22.3 Å². The number of piperazine rings is 1. The lowest BCUT2D eigenvalue weighted by Gasteiger charge is -2.38. The lowest BCUT2D eigenvalue weighted by atomic mass is 9.97. The number of carbonyl (C=O) groups excluding carboxylic acids is 1. The molecule has 0 spiro atoms. The fourth-order valence-corrected chi connectivity index (χ4v) is 5.05. The van der Waals surface area contributed by atoms with Gasteiger partial charge in [-0.15, -0.1) is 0 Å². The number of aromatic nitrogens is 1. The van der Waals surface area contributed by atoms with Crippen LogP contribution in [0.15, 0.2) is 55.0 Å². The third-order valence-corrected chi connectivity index (χ3v) is 7.28. The topological polar surface area (TPSA) is 72.4 Å². The molecule has 0 radical (unpaired) electrons. The molecule has 1 aliphatic heterocycles. The molecule has 0 atom stereocenters. The van der Waals surface area contributed by atoms with Crippen LogP contribution in [0.4, 0.5) is 24.5 Å². The number of pyridine rings is 1. The number of benzene rings is 2. The summed E-state index contributed by atoms with van der Waals surface area (Å²) in [5, 5.41) is 11.5. The van der Waals surface area contributed by atoms with Crippen molar-refractivity contribution < 1.29 is 27.8 Å². The van der Waals surface area contributed by atoms with Gasteiger partial charge in [-0.05, 0) is 49.7 Å². The summed E-state index contributed by atoms with van der Waals surface area (Å²) < 4.78 is 46.1. The van der Waals surface area contributed by atoms with E-state index in [4.69, 9.17) is 16.3 Å². The Bertz CT molecular complexity index is 1450. The Kier molecular flexibility index (Phi) is 9.85. The molecule has 4 rings (SSSR count). The van der Waals surface area contributed by atoms with E-state index < -0.39 is 12.4 Å². The Morgan fingerprint density at radius 3 is 2.26 bits per heavy atom. The van der Waals surface area contributed by atoms with Crippen molar-refractivity contribution in [2.45, 2.75) is 26.5 Å². The number of anilines is 2. The number of hydrogen-bond donors (Lipinski definition) is 1. The summed E-state index contributed by atoms with van der Waals surface area (Å²) in [6, 6.07) is 8.95. The Balaban J connectivity index is 1.73. The fraction of sp³-hybridized carbons (Fsp3) is 0.333. The highest BCUT2D eigenvalue weighted by molar-refractivity contribution is 6.34. The first-order chi connectivity index (χ1) is 20.0. The Labute approximate surface area is 248 Å². The number of hydrogen-bond acceptors (Lipinski definition) is 7. The summed E-state index contributed by atoms with van der Waals surface area (Å²) in [5.74, 6) is -1.13. The lowest BCUT2D eigenvalue weighted by Crippen LogP contribution is -2.49. The van der Waals surface area contributed by atoms with Crippen LogP contribution in [0.5, 0.6) is 11.6 Å². The summed E-state index contributed by atoms with van der Waals surface area (Å²) in [6.07, 6.45) is 5.08. The number of aromatic hydroxyl groups is 1. The lowest BCUT2D eigenvalue weighted by molar-refractivity contribution is -0.107. The van der Waals surface area contributed by atoms with E-state index in [0.717, 1.165) is 6.07 Å². The van der Waals surface area contributed by atoms with E-state index in [1.165, 1.54) is 23.2 Å². The van der Waals surface area contributed by atoms with Gasteiger partial charge < -0.3 is 19.6 Å². The normalized spacial score (nSPS) is 14.2. The number of phenols is 1. The maximum absolute atomic E-state index is 15.0. The summed E-state index contributed by atoms with van der Waals surface area (Å²) in [4.78, 5) is 23.0. The zero-order valence-electron chi connectivity index (χ0n) is 23.8. The minimum atomic E-state index is -3.07. The maximum Gasteiger partial charge on any atom is 0.388 e. The predicted molar refractivity (Wildman–Crippen MR) is 159 cm³/mol. The van der Waals surface area contributed by atoms with Crippen molar-refractivity contribution >= 4 is 29.4 Å². The summed E-state index contributed by atoms with van der Waals surface area (Å²) >= 11 is 6.49. The molecule has 1 aromatic heterocycles. The van der Waals surface area contributed by atoms with Crippen molar-refractivity contribution in [2.24, 2.45) is 0 Å². The van der Waals surface area contributed by atoms with Gasteiger partial charge in [0.05, 0.1) is 10.7 Å². The first kappa shape index (κ1) is 31.0. The van der Waals surface area contributed by atoms with Crippen LogP contribution < -0.4 is 14.5 Å². The van der Waals surface area contributed by atoms with Crippen LogP contribution in [-0.4, -0.2) is 79.2 Å². The van der Waals surface area contributed by atoms with Crippen LogP contribution in [0.2, 0.25) is 5.02 Å². The van der Waals surface area contributed by atoms with Crippen molar-refractivity contribution in [2.75, 3.05) is 50.1 Å². The Morgan fingerprint density at radius 1 is 1.02 bits per heavy atom. The van der Waals surface area contributed by atoms with Crippen LogP contribution in [-0.2, 0) is 4.79 Å². The van der Waals surface area contributed by atoms with E-state index in [9.17, 15) is 23.1 Å². The second-order valence-electron chi connectivity index (χ2n) is 10.3. The number of amides is 1. The quantitative estimate of drug-likeness (QED) is 0.283. The van der Waals surface area contributed by atoms with Gasteiger partial charge in [-0.2, -0.15) is 8.78 Å².